The zero-order valence-corrected chi connectivity index (χ0v) is 12.4. The molecule has 21 heavy (non-hydrogen) atoms. The summed E-state index contributed by atoms with van der Waals surface area (Å²) in [6.45, 7) is 2.66. The fourth-order valence-electron chi connectivity index (χ4n) is 2.37. The Morgan fingerprint density at radius 3 is 2.90 bits per heavy atom. The minimum Gasteiger partial charge on any atom is -0.387 e. The first kappa shape index (κ1) is 13.7. The number of fused-ring (bicyclic) bond motifs is 1. The van der Waals surface area contributed by atoms with Gasteiger partial charge in [0.05, 0.1) is 10.7 Å². The zero-order valence-electron chi connectivity index (χ0n) is 11.6. The zero-order chi connectivity index (χ0) is 14.8. The third-order valence-electron chi connectivity index (χ3n) is 3.54. The largest absolute Gasteiger partial charge is 0.387 e. The summed E-state index contributed by atoms with van der Waals surface area (Å²) in [6, 6.07) is 11.3. The van der Waals surface area contributed by atoms with Crippen molar-refractivity contribution in [1.29, 1.82) is 0 Å². The summed E-state index contributed by atoms with van der Waals surface area (Å²) in [5.41, 5.74) is 4.42. The van der Waals surface area contributed by atoms with E-state index in [1.165, 1.54) is 0 Å². The van der Waals surface area contributed by atoms with Crippen LogP contribution in [0.5, 0.6) is 0 Å². The van der Waals surface area contributed by atoms with E-state index in [1.807, 2.05) is 49.5 Å². The van der Waals surface area contributed by atoms with Crippen LogP contribution in [0.4, 0.5) is 5.69 Å². The van der Waals surface area contributed by atoms with Gasteiger partial charge in [0, 0.05) is 12.1 Å². The molecule has 0 unspecified atom stereocenters. The van der Waals surface area contributed by atoms with Gasteiger partial charge in [-0.05, 0) is 54.1 Å². The maximum absolute atomic E-state index is 12.4. The molecule has 3 nitrogen and oxygen atoms in total. The molecule has 0 bridgehead atoms. The molecule has 4 heteroatoms. The van der Waals surface area contributed by atoms with E-state index in [2.05, 4.69) is 10.6 Å². The molecule has 0 aromatic heterocycles. The minimum atomic E-state index is -0.145. The second kappa shape index (κ2) is 5.62. The molecule has 0 spiro atoms. The van der Waals surface area contributed by atoms with Gasteiger partial charge < -0.3 is 10.6 Å². The molecule has 1 aliphatic heterocycles. The smallest absolute Gasteiger partial charge is 0.255 e. The Morgan fingerprint density at radius 2 is 2.10 bits per heavy atom. The van der Waals surface area contributed by atoms with Gasteiger partial charge in [0.2, 0.25) is 0 Å². The van der Waals surface area contributed by atoms with E-state index < -0.39 is 0 Å². The van der Waals surface area contributed by atoms with Gasteiger partial charge in [-0.25, -0.2) is 0 Å². The lowest BCUT2D eigenvalue weighted by Gasteiger charge is -2.16. The van der Waals surface area contributed by atoms with Crippen molar-refractivity contribution in [2.24, 2.45) is 0 Å². The Balaban J connectivity index is 1.90. The monoisotopic (exact) mass is 298 g/mol. The van der Waals surface area contributed by atoms with Crippen LogP contribution in [0.1, 0.15) is 27.0 Å². The van der Waals surface area contributed by atoms with Gasteiger partial charge in [0.15, 0.2) is 0 Å². The number of carbonyl (C=O) groups excluding carboxylic acids is 1. The maximum atomic E-state index is 12.4. The summed E-state index contributed by atoms with van der Waals surface area (Å²) in [6.07, 6.45) is 3.86. The maximum Gasteiger partial charge on any atom is 0.255 e. The summed E-state index contributed by atoms with van der Waals surface area (Å²) in [5, 5.41) is 6.58. The number of carbonyl (C=O) groups is 1. The normalized spacial score (nSPS) is 12.5. The van der Waals surface area contributed by atoms with Gasteiger partial charge in [-0.3, -0.25) is 4.79 Å². The highest BCUT2D eigenvalue weighted by molar-refractivity contribution is 6.34. The summed E-state index contributed by atoms with van der Waals surface area (Å²) >= 11 is 6.27. The summed E-state index contributed by atoms with van der Waals surface area (Å²) in [4.78, 5) is 12.4. The summed E-state index contributed by atoms with van der Waals surface area (Å²) in [5.74, 6) is -0.145. The highest BCUT2D eigenvalue weighted by Gasteiger charge is 2.13. The SMILES string of the molecule is Cc1ccccc1C(=O)Nc1cc2c(cc1Cl)CNC=C2. The van der Waals surface area contributed by atoms with Crippen LogP contribution < -0.4 is 10.6 Å². The predicted octanol–water partition coefficient (Wildman–Crippen LogP) is 3.97. The van der Waals surface area contributed by atoms with Crippen molar-refractivity contribution in [2.45, 2.75) is 13.5 Å². The van der Waals surface area contributed by atoms with Crippen LogP contribution in [-0.4, -0.2) is 5.91 Å². The number of anilines is 1. The van der Waals surface area contributed by atoms with E-state index in [0.29, 0.717) is 16.3 Å². The Hall–Kier alpha value is -2.26. The molecule has 0 saturated carbocycles. The number of hydrogen-bond acceptors (Lipinski definition) is 2. The van der Waals surface area contributed by atoms with Crippen molar-refractivity contribution in [3.8, 4) is 0 Å². The van der Waals surface area contributed by atoms with E-state index in [0.717, 1.165) is 23.2 Å². The molecule has 1 heterocycles. The van der Waals surface area contributed by atoms with Crippen LogP contribution in [0.2, 0.25) is 5.02 Å². The van der Waals surface area contributed by atoms with Crippen LogP contribution in [-0.2, 0) is 6.54 Å². The van der Waals surface area contributed by atoms with E-state index in [1.54, 1.807) is 6.07 Å². The van der Waals surface area contributed by atoms with Crippen LogP contribution in [0.3, 0.4) is 0 Å². The van der Waals surface area contributed by atoms with Crippen LogP contribution in [0.15, 0.2) is 42.6 Å². The Labute approximate surface area is 128 Å². The third kappa shape index (κ3) is 2.78. The quantitative estimate of drug-likeness (QED) is 0.880. The molecule has 2 aromatic carbocycles. The molecule has 3 rings (SSSR count). The van der Waals surface area contributed by atoms with Crippen LogP contribution in [0, 0.1) is 6.92 Å². The van der Waals surface area contributed by atoms with E-state index in [-0.39, 0.29) is 5.91 Å². The number of nitrogens with one attached hydrogen (secondary N) is 2. The van der Waals surface area contributed by atoms with Gasteiger partial charge >= 0.3 is 0 Å². The van der Waals surface area contributed by atoms with Crippen molar-refractivity contribution in [3.05, 3.63) is 69.9 Å². The average Bonchev–Trinajstić information content (AvgIpc) is 2.48. The van der Waals surface area contributed by atoms with E-state index in [4.69, 9.17) is 11.6 Å². The number of hydrogen-bond donors (Lipinski definition) is 2. The Kier molecular flexibility index (Phi) is 3.67. The Morgan fingerprint density at radius 1 is 1.29 bits per heavy atom. The molecule has 0 saturated heterocycles. The number of aryl methyl sites for hydroxylation is 1. The van der Waals surface area contributed by atoms with Gasteiger partial charge in [-0.15, -0.1) is 0 Å². The van der Waals surface area contributed by atoms with Crippen molar-refractivity contribution in [3.63, 3.8) is 0 Å². The molecule has 0 atom stereocenters. The predicted molar refractivity (Wildman–Crippen MR) is 86.5 cm³/mol. The number of benzene rings is 2. The van der Waals surface area contributed by atoms with Crippen LogP contribution >= 0.6 is 11.6 Å². The summed E-state index contributed by atoms with van der Waals surface area (Å²) in [7, 11) is 0. The topological polar surface area (TPSA) is 41.1 Å². The first-order chi connectivity index (χ1) is 10.1. The van der Waals surface area contributed by atoms with Crippen molar-refractivity contribution < 1.29 is 4.79 Å². The first-order valence-electron chi connectivity index (χ1n) is 6.74. The molecule has 0 aliphatic carbocycles. The number of halogens is 1. The lowest BCUT2D eigenvalue weighted by Crippen LogP contribution is -2.15. The van der Waals surface area contributed by atoms with E-state index >= 15 is 0 Å². The van der Waals surface area contributed by atoms with Gasteiger partial charge in [-0.1, -0.05) is 29.8 Å². The van der Waals surface area contributed by atoms with E-state index in [9.17, 15) is 4.79 Å². The second-order valence-corrected chi connectivity index (χ2v) is 5.42. The van der Waals surface area contributed by atoms with Gasteiger partial charge in [0.1, 0.15) is 0 Å². The molecule has 1 amide bonds. The fourth-order valence-corrected chi connectivity index (χ4v) is 2.60. The molecule has 2 N–H and O–H groups in total. The number of rotatable bonds is 2. The Bertz CT molecular complexity index is 738. The van der Waals surface area contributed by atoms with Crippen molar-refractivity contribution in [1.82, 2.24) is 5.32 Å². The fraction of sp³-hybridized carbons (Fsp3) is 0.118. The van der Waals surface area contributed by atoms with Crippen molar-refractivity contribution >= 4 is 29.3 Å². The van der Waals surface area contributed by atoms with Gasteiger partial charge in [-0.2, -0.15) is 0 Å². The number of amides is 1. The molecule has 0 fully saturated rings. The third-order valence-corrected chi connectivity index (χ3v) is 3.85. The molecular weight excluding hydrogens is 284 g/mol. The standard InChI is InChI=1S/C17H15ClN2O/c1-11-4-2-3-5-14(11)17(21)20-16-9-12-6-7-19-10-13(12)8-15(16)18/h2-9,19H,10H2,1H3,(H,20,21). The molecule has 1 aliphatic rings. The van der Waals surface area contributed by atoms with Crippen LogP contribution in [0.25, 0.3) is 6.08 Å². The minimum absolute atomic E-state index is 0.145. The second-order valence-electron chi connectivity index (χ2n) is 5.01. The lowest BCUT2D eigenvalue weighted by molar-refractivity contribution is 0.102. The highest BCUT2D eigenvalue weighted by Crippen LogP contribution is 2.29. The summed E-state index contributed by atoms with van der Waals surface area (Å²) < 4.78 is 0. The average molecular weight is 299 g/mol. The van der Waals surface area contributed by atoms with Gasteiger partial charge in [0.25, 0.3) is 5.91 Å². The lowest BCUT2D eigenvalue weighted by atomic mass is 10.0. The van der Waals surface area contributed by atoms with Crippen molar-refractivity contribution in [2.75, 3.05) is 5.32 Å². The molecule has 0 radical (unpaired) electrons. The highest BCUT2D eigenvalue weighted by atomic mass is 35.5. The molecule has 2 aromatic rings. The molecule has 106 valence electrons. The first-order valence-corrected chi connectivity index (χ1v) is 7.12. The molecular formula is C17H15ClN2O.